The van der Waals surface area contributed by atoms with Gasteiger partial charge in [0.1, 0.15) is 5.82 Å². The molecule has 1 atom stereocenters. The Morgan fingerprint density at radius 3 is 2.62 bits per heavy atom. The normalized spacial score (nSPS) is 19.4. The molecule has 1 unspecified atom stereocenters. The van der Waals surface area contributed by atoms with E-state index in [1.165, 1.54) is 35.2 Å². The second-order valence-corrected chi connectivity index (χ2v) is 7.48. The van der Waals surface area contributed by atoms with Crippen molar-refractivity contribution in [1.29, 1.82) is 0 Å². The molecule has 0 saturated carbocycles. The van der Waals surface area contributed by atoms with Gasteiger partial charge in [-0.1, -0.05) is 23.7 Å². The number of anilines is 1. The van der Waals surface area contributed by atoms with Crippen LogP contribution in [0.1, 0.15) is 37.2 Å². The number of hydrogen-bond donors (Lipinski definition) is 0. The SMILES string of the molecule is O=C1CCCC2=C1C(c1cccc(F)c1)CC(=O)N2c1ccc([N+](=O)[O-])cc1Cl. The van der Waals surface area contributed by atoms with Gasteiger partial charge in [-0.2, -0.15) is 0 Å². The number of benzene rings is 2. The zero-order valence-corrected chi connectivity index (χ0v) is 16.0. The standard InChI is InChI=1S/C21H16ClFN2O4/c22-16-10-14(25(28)29)7-8-17(16)24-18-5-2-6-19(26)21(18)15(11-20(24)27)12-3-1-4-13(23)9-12/h1,3-4,7-10,15H,2,5-6,11H2. The molecule has 0 fully saturated rings. The van der Waals surface area contributed by atoms with E-state index in [9.17, 15) is 24.1 Å². The van der Waals surface area contributed by atoms with E-state index < -0.39 is 16.7 Å². The molecule has 0 bridgehead atoms. The maximum Gasteiger partial charge on any atom is 0.271 e. The number of carbonyl (C=O) groups excluding carboxylic acids is 2. The largest absolute Gasteiger partial charge is 0.294 e. The van der Waals surface area contributed by atoms with Crippen LogP contribution in [0.2, 0.25) is 5.02 Å². The summed E-state index contributed by atoms with van der Waals surface area (Å²) in [5, 5.41) is 11.0. The van der Waals surface area contributed by atoms with Gasteiger partial charge >= 0.3 is 0 Å². The van der Waals surface area contributed by atoms with Crippen molar-refractivity contribution < 1.29 is 18.9 Å². The van der Waals surface area contributed by atoms with E-state index in [1.54, 1.807) is 12.1 Å². The summed E-state index contributed by atoms with van der Waals surface area (Å²) in [6.45, 7) is 0. The summed E-state index contributed by atoms with van der Waals surface area (Å²) in [6, 6.07) is 9.81. The zero-order chi connectivity index (χ0) is 20.7. The van der Waals surface area contributed by atoms with Crippen LogP contribution in [0.15, 0.2) is 53.7 Å². The third-order valence-electron chi connectivity index (χ3n) is 5.31. The molecule has 2 aliphatic rings. The highest BCUT2D eigenvalue weighted by molar-refractivity contribution is 6.34. The van der Waals surface area contributed by atoms with Crippen molar-refractivity contribution in [2.75, 3.05) is 4.90 Å². The molecule has 1 aliphatic carbocycles. The first-order valence-electron chi connectivity index (χ1n) is 9.15. The Bertz CT molecular complexity index is 1080. The average Bonchev–Trinajstić information content (AvgIpc) is 2.68. The van der Waals surface area contributed by atoms with Gasteiger partial charge in [-0.15, -0.1) is 0 Å². The number of amides is 1. The minimum absolute atomic E-state index is 0.0126. The molecule has 0 spiro atoms. The smallest absolute Gasteiger partial charge is 0.271 e. The molecule has 2 aromatic rings. The zero-order valence-electron chi connectivity index (χ0n) is 15.2. The number of nitro groups is 1. The van der Waals surface area contributed by atoms with Crippen molar-refractivity contribution in [3.05, 3.63) is 80.3 Å². The Labute approximate surface area is 170 Å². The topological polar surface area (TPSA) is 80.5 Å². The molecule has 0 saturated heterocycles. The second kappa shape index (κ2) is 7.40. The van der Waals surface area contributed by atoms with E-state index in [4.69, 9.17) is 11.6 Å². The molecular formula is C21H16ClFN2O4. The van der Waals surface area contributed by atoms with E-state index in [-0.39, 0.29) is 28.8 Å². The maximum absolute atomic E-state index is 13.8. The van der Waals surface area contributed by atoms with Gasteiger partial charge in [-0.25, -0.2) is 4.39 Å². The van der Waals surface area contributed by atoms with Gasteiger partial charge in [-0.05, 0) is 36.6 Å². The lowest BCUT2D eigenvalue weighted by molar-refractivity contribution is -0.384. The lowest BCUT2D eigenvalue weighted by atomic mass is 9.77. The van der Waals surface area contributed by atoms with Crippen LogP contribution < -0.4 is 4.90 Å². The first kappa shape index (κ1) is 19.3. The molecule has 2 aromatic carbocycles. The monoisotopic (exact) mass is 414 g/mol. The molecule has 0 aromatic heterocycles. The third kappa shape index (κ3) is 3.42. The summed E-state index contributed by atoms with van der Waals surface area (Å²) in [5.74, 6) is -1.31. The van der Waals surface area contributed by atoms with E-state index in [2.05, 4.69) is 0 Å². The lowest BCUT2D eigenvalue weighted by Crippen LogP contribution is -2.40. The van der Waals surface area contributed by atoms with Crippen molar-refractivity contribution in [3.8, 4) is 0 Å². The number of allylic oxidation sites excluding steroid dienone is 2. The number of hydrogen-bond acceptors (Lipinski definition) is 4. The van der Waals surface area contributed by atoms with Crippen LogP contribution >= 0.6 is 11.6 Å². The second-order valence-electron chi connectivity index (χ2n) is 7.07. The van der Waals surface area contributed by atoms with Crippen LogP contribution in [-0.2, 0) is 9.59 Å². The van der Waals surface area contributed by atoms with Crippen LogP contribution in [0.25, 0.3) is 0 Å². The number of non-ortho nitro benzene ring substituents is 1. The van der Waals surface area contributed by atoms with Gasteiger partial charge in [-0.3, -0.25) is 24.6 Å². The molecule has 4 rings (SSSR count). The Morgan fingerprint density at radius 2 is 1.93 bits per heavy atom. The minimum Gasteiger partial charge on any atom is -0.294 e. The highest BCUT2D eigenvalue weighted by Gasteiger charge is 2.40. The number of nitro benzene ring substituents is 1. The number of nitrogens with zero attached hydrogens (tertiary/aromatic N) is 2. The van der Waals surface area contributed by atoms with E-state index in [0.29, 0.717) is 41.8 Å². The Hall–Kier alpha value is -3.06. The summed E-state index contributed by atoms with van der Waals surface area (Å²) in [6.07, 6.45) is 1.43. The van der Waals surface area contributed by atoms with Crippen molar-refractivity contribution >= 4 is 34.7 Å². The number of Topliss-reactive ketones (excluding diaryl/α,β-unsaturated/α-hetero) is 1. The average molecular weight is 415 g/mol. The van der Waals surface area contributed by atoms with Crippen LogP contribution in [0.5, 0.6) is 0 Å². The molecule has 148 valence electrons. The number of halogens is 2. The Balaban J connectivity index is 1.86. The van der Waals surface area contributed by atoms with Gasteiger partial charge in [0.15, 0.2) is 5.78 Å². The predicted octanol–water partition coefficient (Wildman–Crippen LogP) is 4.91. The quantitative estimate of drug-likeness (QED) is 0.527. The van der Waals surface area contributed by atoms with Gasteiger partial charge in [0.05, 0.1) is 15.6 Å². The molecule has 0 radical (unpaired) electrons. The number of carbonyl (C=O) groups is 2. The van der Waals surface area contributed by atoms with Crippen LogP contribution in [-0.4, -0.2) is 16.6 Å². The van der Waals surface area contributed by atoms with Crippen molar-refractivity contribution in [1.82, 2.24) is 0 Å². The Morgan fingerprint density at radius 1 is 1.14 bits per heavy atom. The summed E-state index contributed by atoms with van der Waals surface area (Å²) >= 11 is 6.26. The van der Waals surface area contributed by atoms with Gasteiger partial charge in [0.25, 0.3) is 5.69 Å². The molecule has 1 aliphatic heterocycles. The molecule has 6 nitrogen and oxygen atoms in total. The summed E-state index contributed by atoms with van der Waals surface area (Å²) in [7, 11) is 0. The van der Waals surface area contributed by atoms with Crippen molar-refractivity contribution in [2.45, 2.75) is 31.6 Å². The van der Waals surface area contributed by atoms with E-state index >= 15 is 0 Å². The maximum atomic E-state index is 13.8. The van der Waals surface area contributed by atoms with Gasteiger partial charge < -0.3 is 0 Å². The van der Waals surface area contributed by atoms with E-state index in [1.807, 2.05) is 0 Å². The molecule has 1 heterocycles. The highest BCUT2D eigenvalue weighted by atomic mass is 35.5. The first-order chi connectivity index (χ1) is 13.9. The lowest BCUT2D eigenvalue weighted by Gasteiger charge is -2.38. The first-order valence-corrected chi connectivity index (χ1v) is 9.53. The molecule has 1 amide bonds. The van der Waals surface area contributed by atoms with Gasteiger partial charge in [0.2, 0.25) is 5.91 Å². The number of ketones is 1. The van der Waals surface area contributed by atoms with Crippen LogP contribution in [0, 0.1) is 15.9 Å². The third-order valence-corrected chi connectivity index (χ3v) is 5.61. The summed E-state index contributed by atoms with van der Waals surface area (Å²) < 4.78 is 13.8. The van der Waals surface area contributed by atoms with E-state index in [0.717, 1.165) is 0 Å². The fraction of sp³-hybridized carbons (Fsp3) is 0.238. The summed E-state index contributed by atoms with van der Waals surface area (Å²) in [5.41, 5.74) is 1.74. The van der Waals surface area contributed by atoms with Crippen LogP contribution in [0.3, 0.4) is 0 Å². The van der Waals surface area contributed by atoms with Crippen LogP contribution in [0.4, 0.5) is 15.8 Å². The Kier molecular flexibility index (Phi) is 4.92. The molecule has 0 N–H and O–H groups in total. The molecular weight excluding hydrogens is 399 g/mol. The van der Waals surface area contributed by atoms with Crippen molar-refractivity contribution in [3.63, 3.8) is 0 Å². The van der Waals surface area contributed by atoms with Crippen molar-refractivity contribution in [2.24, 2.45) is 0 Å². The van der Waals surface area contributed by atoms with Gasteiger partial charge in [0, 0.05) is 42.2 Å². The highest BCUT2D eigenvalue weighted by Crippen LogP contribution is 2.45. The fourth-order valence-corrected chi connectivity index (χ4v) is 4.33. The fourth-order valence-electron chi connectivity index (χ4n) is 4.07. The molecule has 29 heavy (non-hydrogen) atoms. The molecule has 8 heteroatoms. The minimum atomic E-state index is -0.567. The predicted molar refractivity (Wildman–Crippen MR) is 105 cm³/mol. The number of rotatable bonds is 3. The summed E-state index contributed by atoms with van der Waals surface area (Å²) in [4.78, 5) is 37.7.